The summed E-state index contributed by atoms with van der Waals surface area (Å²) in [5.74, 6) is 0.833. The Morgan fingerprint density at radius 1 is 1.18 bits per heavy atom. The molecule has 2 heteroatoms. The Kier molecular flexibility index (Phi) is 6.52. The molecule has 1 aliphatic rings. The van der Waals surface area contributed by atoms with Crippen LogP contribution in [-0.4, -0.2) is 19.3 Å². The van der Waals surface area contributed by atoms with Gasteiger partial charge in [-0.1, -0.05) is 20.8 Å². The summed E-state index contributed by atoms with van der Waals surface area (Å²) < 4.78 is 12.1. The number of halogens is 1. The van der Waals surface area contributed by atoms with Crippen molar-refractivity contribution in [3.63, 3.8) is 0 Å². The van der Waals surface area contributed by atoms with Crippen molar-refractivity contribution in [1.29, 1.82) is 0 Å². The van der Waals surface area contributed by atoms with Crippen LogP contribution in [-0.2, 0) is 0 Å². The van der Waals surface area contributed by atoms with E-state index in [9.17, 15) is 4.39 Å². The van der Waals surface area contributed by atoms with Crippen molar-refractivity contribution in [3.05, 3.63) is 0 Å². The van der Waals surface area contributed by atoms with Crippen molar-refractivity contribution in [2.75, 3.05) is 13.1 Å². The predicted octanol–water partition coefficient (Wildman–Crippen LogP) is 2.37. The van der Waals surface area contributed by atoms with Gasteiger partial charge in [-0.15, -0.1) is 0 Å². The molecule has 1 rings (SSSR count). The summed E-state index contributed by atoms with van der Waals surface area (Å²) >= 11 is 0. The average Bonchev–Trinajstić information content (AvgIpc) is 1.87. The van der Waals surface area contributed by atoms with Crippen LogP contribution < -0.4 is 5.32 Å². The molecular weight excluding hydrogens is 141 g/mol. The third-order valence-electron chi connectivity index (χ3n) is 1.27. The zero-order valence-corrected chi connectivity index (χ0v) is 7.86. The van der Waals surface area contributed by atoms with Gasteiger partial charge < -0.3 is 5.32 Å². The first-order valence-electron chi connectivity index (χ1n) is 4.47. The van der Waals surface area contributed by atoms with Gasteiger partial charge in [0.05, 0.1) is 0 Å². The molecule has 68 valence electrons. The zero-order chi connectivity index (χ0) is 8.69. The molecule has 1 heterocycles. The van der Waals surface area contributed by atoms with Crippen LogP contribution >= 0.6 is 0 Å². The zero-order valence-electron chi connectivity index (χ0n) is 7.86. The number of rotatable bonds is 0. The summed E-state index contributed by atoms with van der Waals surface area (Å²) in [6.45, 7) is 8.22. The topological polar surface area (TPSA) is 12.0 Å². The first-order valence-corrected chi connectivity index (χ1v) is 4.47. The molecule has 0 radical (unpaired) electrons. The molecule has 0 unspecified atom stereocenters. The largest absolute Gasteiger partial charge is 0.317 e. The van der Waals surface area contributed by atoms with Gasteiger partial charge in [0.15, 0.2) is 0 Å². The standard InChI is InChI=1S/C5H10FN.C4H10/c6-5-1-3-7-4-2-5;1-4(2)3/h5,7H,1-4H2;4H,1-3H3. The molecule has 1 aliphatic heterocycles. The highest BCUT2D eigenvalue weighted by molar-refractivity contribution is 4.65. The molecular formula is C9H20FN. The number of alkyl halides is 1. The van der Waals surface area contributed by atoms with Crippen LogP contribution in [0.4, 0.5) is 4.39 Å². The maximum atomic E-state index is 12.1. The lowest BCUT2D eigenvalue weighted by atomic mass is 10.1. The summed E-state index contributed by atoms with van der Waals surface area (Å²) in [7, 11) is 0. The second kappa shape index (κ2) is 6.59. The normalized spacial score (nSPS) is 19.4. The maximum Gasteiger partial charge on any atom is 0.103 e. The third kappa shape index (κ3) is 9.89. The number of hydrogen-bond acceptors (Lipinski definition) is 1. The lowest BCUT2D eigenvalue weighted by Gasteiger charge is -2.14. The second-order valence-corrected chi connectivity index (χ2v) is 3.66. The molecule has 0 aromatic rings. The molecule has 1 nitrogen and oxygen atoms in total. The fourth-order valence-corrected chi connectivity index (χ4v) is 0.787. The third-order valence-corrected chi connectivity index (χ3v) is 1.27. The second-order valence-electron chi connectivity index (χ2n) is 3.66. The monoisotopic (exact) mass is 161 g/mol. The van der Waals surface area contributed by atoms with Crippen molar-refractivity contribution in [3.8, 4) is 0 Å². The molecule has 1 fully saturated rings. The van der Waals surface area contributed by atoms with E-state index in [2.05, 4.69) is 26.1 Å². The Labute approximate surface area is 69.4 Å². The Hall–Kier alpha value is -0.110. The van der Waals surface area contributed by atoms with Crippen molar-refractivity contribution in [2.45, 2.75) is 39.8 Å². The summed E-state index contributed by atoms with van der Waals surface area (Å²) in [5.41, 5.74) is 0. The van der Waals surface area contributed by atoms with Gasteiger partial charge in [0.2, 0.25) is 0 Å². The van der Waals surface area contributed by atoms with Crippen LogP contribution in [0, 0.1) is 5.92 Å². The SMILES string of the molecule is CC(C)C.FC1CCNCC1. The van der Waals surface area contributed by atoms with Gasteiger partial charge >= 0.3 is 0 Å². The van der Waals surface area contributed by atoms with E-state index in [4.69, 9.17) is 0 Å². The summed E-state index contributed by atoms with van der Waals surface area (Å²) in [6.07, 6.45) is 0.890. The van der Waals surface area contributed by atoms with Crippen molar-refractivity contribution < 1.29 is 4.39 Å². The molecule has 0 aromatic heterocycles. The predicted molar refractivity (Wildman–Crippen MR) is 47.5 cm³/mol. The van der Waals surface area contributed by atoms with Gasteiger partial charge in [0, 0.05) is 0 Å². The lowest BCUT2D eigenvalue weighted by Crippen LogP contribution is -2.28. The Morgan fingerprint density at radius 3 is 1.73 bits per heavy atom. The molecule has 1 saturated heterocycles. The molecule has 11 heavy (non-hydrogen) atoms. The van der Waals surface area contributed by atoms with Crippen LogP contribution in [0.25, 0.3) is 0 Å². The summed E-state index contributed by atoms with van der Waals surface area (Å²) in [6, 6.07) is 0. The summed E-state index contributed by atoms with van der Waals surface area (Å²) in [4.78, 5) is 0. The van der Waals surface area contributed by atoms with Gasteiger partial charge in [-0.25, -0.2) is 4.39 Å². The van der Waals surface area contributed by atoms with E-state index in [0.717, 1.165) is 19.0 Å². The van der Waals surface area contributed by atoms with Gasteiger partial charge in [0.25, 0.3) is 0 Å². The molecule has 0 spiro atoms. The van der Waals surface area contributed by atoms with E-state index >= 15 is 0 Å². The van der Waals surface area contributed by atoms with E-state index in [-0.39, 0.29) is 0 Å². The minimum atomic E-state index is -0.527. The fourth-order valence-electron chi connectivity index (χ4n) is 0.787. The van der Waals surface area contributed by atoms with Crippen molar-refractivity contribution >= 4 is 0 Å². The molecule has 0 amide bonds. The van der Waals surface area contributed by atoms with E-state index < -0.39 is 6.17 Å². The van der Waals surface area contributed by atoms with Gasteiger partial charge in [0.1, 0.15) is 6.17 Å². The number of piperidine rings is 1. The molecule has 1 N–H and O–H groups in total. The lowest BCUT2D eigenvalue weighted by molar-refractivity contribution is 0.262. The highest BCUT2D eigenvalue weighted by Gasteiger charge is 2.09. The first-order chi connectivity index (χ1) is 5.13. The van der Waals surface area contributed by atoms with Crippen LogP contribution in [0.1, 0.15) is 33.6 Å². The van der Waals surface area contributed by atoms with Gasteiger partial charge in [-0.05, 0) is 31.8 Å². The number of hydrogen-bond donors (Lipinski definition) is 1. The van der Waals surface area contributed by atoms with E-state index in [1.807, 2.05) is 0 Å². The Bertz CT molecular complexity index is 74.9. The van der Waals surface area contributed by atoms with Crippen molar-refractivity contribution in [2.24, 2.45) is 5.92 Å². The van der Waals surface area contributed by atoms with Crippen LogP contribution in [0.5, 0.6) is 0 Å². The van der Waals surface area contributed by atoms with E-state index in [1.54, 1.807) is 0 Å². The minimum absolute atomic E-state index is 0.527. The Balaban J connectivity index is 0.000000218. The fraction of sp³-hybridized carbons (Fsp3) is 1.00. The average molecular weight is 161 g/mol. The molecule has 0 bridgehead atoms. The maximum absolute atomic E-state index is 12.1. The highest BCUT2D eigenvalue weighted by Crippen LogP contribution is 2.04. The molecule has 0 saturated carbocycles. The van der Waals surface area contributed by atoms with Crippen LogP contribution in [0.3, 0.4) is 0 Å². The van der Waals surface area contributed by atoms with E-state index in [1.165, 1.54) is 0 Å². The number of nitrogens with one attached hydrogen (secondary N) is 1. The first kappa shape index (κ1) is 10.9. The summed E-state index contributed by atoms with van der Waals surface area (Å²) in [5, 5.41) is 3.08. The van der Waals surface area contributed by atoms with Crippen LogP contribution in [0.2, 0.25) is 0 Å². The molecule has 0 aromatic carbocycles. The minimum Gasteiger partial charge on any atom is -0.317 e. The quantitative estimate of drug-likeness (QED) is 0.575. The molecule has 0 atom stereocenters. The van der Waals surface area contributed by atoms with Crippen molar-refractivity contribution in [1.82, 2.24) is 5.32 Å². The van der Waals surface area contributed by atoms with Gasteiger partial charge in [-0.3, -0.25) is 0 Å². The smallest absolute Gasteiger partial charge is 0.103 e. The van der Waals surface area contributed by atoms with E-state index in [0.29, 0.717) is 12.8 Å². The van der Waals surface area contributed by atoms with Gasteiger partial charge in [-0.2, -0.15) is 0 Å². The highest BCUT2D eigenvalue weighted by atomic mass is 19.1. The Morgan fingerprint density at radius 2 is 1.55 bits per heavy atom. The van der Waals surface area contributed by atoms with Crippen LogP contribution in [0.15, 0.2) is 0 Å². The molecule has 0 aliphatic carbocycles.